The summed E-state index contributed by atoms with van der Waals surface area (Å²) in [4.78, 5) is 9.29. The Bertz CT molecular complexity index is 84.1. The van der Waals surface area contributed by atoms with Crippen LogP contribution < -0.4 is 0 Å². The highest BCUT2D eigenvalue weighted by molar-refractivity contribution is 6.20. The Morgan fingerprint density at radius 1 is 1.88 bits per heavy atom. The molecule has 0 radical (unpaired) electrons. The van der Waals surface area contributed by atoms with Gasteiger partial charge in [-0.25, -0.2) is 0 Å². The lowest BCUT2D eigenvalue weighted by Gasteiger charge is -1.93. The standard InChI is InChI=1S/C4H8ClNO2/c1-4(5)2-3-6(7)8/h4H,2-3H2,1H3. The van der Waals surface area contributed by atoms with Crippen molar-refractivity contribution in [2.45, 2.75) is 18.7 Å². The largest absolute Gasteiger partial charge is 0.265 e. The van der Waals surface area contributed by atoms with Gasteiger partial charge in [-0.1, -0.05) is 0 Å². The molecule has 0 saturated carbocycles. The van der Waals surface area contributed by atoms with Crippen LogP contribution in [0.5, 0.6) is 0 Å². The average Bonchev–Trinajstić information content (AvgIpc) is 1.61. The molecule has 0 rings (SSSR count). The molecule has 0 bridgehead atoms. The number of hydrogen-bond acceptors (Lipinski definition) is 2. The predicted molar refractivity (Wildman–Crippen MR) is 31.8 cm³/mol. The molecule has 0 amide bonds. The quantitative estimate of drug-likeness (QED) is 0.334. The fourth-order valence-corrected chi connectivity index (χ4v) is 0.381. The lowest BCUT2D eigenvalue weighted by molar-refractivity contribution is -0.480. The summed E-state index contributed by atoms with van der Waals surface area (Å²) in [6, 6.07) is 0. The molecule has 0 aliphatic carbocycles. The molecule has 1 atom stereocenters. The van der Waals surface area contributed by atoms with Gasteiger partial charge in [-0.05, 0) is 6.92 Å². The van der Waals surface area contributed by atoms with E-state index in [2.05, 4.69) is 0 Å². The Morgan fingerprint density at radius 2 is 2.38 bits per heavy atom. The maximum Gasteiger partial charge on any atom is 0.205 e. The highest BCUT2D eigenvalue weighted by Gasteiger charge is 2.00. The molecule has 0 aromatic rings. The third kappa shape index (κ3) is 5.69. The van der Waals surface area contributed by atoms with Gasteiger partial charge in [-0.15, -0.1) is 11.6 Å². The maximum absolute atomic E-state index is 9.65. The van der Waals surface area contributed by atoms with Gasteiger partial charge in [0.1, 0.15) is 0 Å². The van der Waals surface area contributed by atoms with Gasteiger partial charge in [-0.3, -0.25) is 10.1 Å². The van der Waals surface area contributed by atoms with Crippen LogP contribution in [0.3, 0.4) is 0 Å². The minimum atomic E-state index is -0.362. The molecule has 0 aromatic carbocycles. The topological polar surface area (TPSA) is 43.1 Å². The molecule has 0 spiro atoms. The van der Waals surface area contributed by atoms with E-state index >= 15 is 0 Å². The van der Waals surface area contributed by atoms with Gasteiger partial charge < -0.3 is 0 Å². The molecule has 0 fully saturated rings. The molecule has 4 heteroatoms. The van der Waals surface area contributed by atoms with Crippen molar-refractivity contribution in [3.05, 3.63) is 10.1 Å². The number of rotatable bonds is 3. The van der Waals surface area contributed by atoms with Gasteiger partial charge in [0.2, 0.25) is 6.54 Å². The number of alkyl halides is 1. The number of halogens is 1. The van der Waals surface area contributed by atoms with Crippen LogP contribution in [0.4, 0.5) is 0 Å². The van der Waals surface area contributed by atoms with Crippen LogP contribution >= 0.6 is 11.6 Å². The van der Waals surface area contributed by atoms with Crippen molar-refractivity contribution < 1.29 is 4.92 Å². The van der Waals surface area contributed by atoms with Gasteiger partial charge >= 0.3 is 0 Å². The molecule has 0 saturated heterocycles. The molecular weight excluding hydrogens is 130 g/mol. The third-order valence-corrected chi connectivity index (χ3v) is 0.928. The number of nitro groups is 1. The van der Waals surface area contributed by atoms with Crippen molar-refractivity contribution in [1.29, 1.82) is 0 Å². The first kappa shape index (κ1) is 7.69. The molecule has 0 aliphatic rings. The Kier molecular flexibility index (Phi) is 3.52. The minimum Gasteiger partial charge on any atom is -0.265 e. The summed E-state index contributed by atoms with van der Waals surface area (Å²) in [7, 11) is 0. The molecule has 1 unspecified atom stereocenters. The van der Waals surface area contributed by atoms with Crippen molar-refractivity contribution >= 4 is 11.6 Å². The molecule has 0 N–H and O–H groups in total. The molecule has 0 aromatic heterocycles. The third-order valence-electron chi connectivity index (χ3n) is 0.709. The van der Waals surface area contributed by atoms with Crippen LogP contribution in [0.2, 0.25) is 0 Å². The van der Waals surface area contributed by atoms with E-state index in [9.17, 15) is 10.1 Å². The first-order valence-electron chi connectivity index (χ1n) is 2.39. The molecule has 3 nitrogen and oxygen atoms in total. The second kappa shape index (κ2) is 3.66. The monoisotopic (exact) mass is 137 g/mol. The van der Waals surface area contributed by atoms with E-state index in [1.165, 1.54) is 0 Å². The van der Waals surface area contributed by atoms with Crippen LogP contribution in [0.1, 0.15) is 13.3 Å². The summed E-state index contributed by atoms with van der Waals surface area (Å²) in [5, 5.41) is 9.57. The number of nitrogens with zero attached hydrogens (tertiary/aromatic N) is 1. The summed E-state index contributed by atoms with van der Waals surface area (Å²) < 4.78 is 0. The van der Waals surface area contributed by atoms with Crippen LogP contribution in [-0.2, 0) is 0 Å². The normalized spacial score (nSPS) is 13.2. The maximum atomic E-state index is 9.65. The Balaban J connectivity index is 3.05. The fourth-order valence-electron chi connectivity index (χ4n) is 0.283. The fraction of sp³-hybridized carbons (Fsp3) is 1.00. The zero-order chi connectivity index (χ0) is 6.57. The molecule has 8 heavy (non-hydrogen) atoms. The zero-order valence-electron chi connectivity index (χ0n) is 4.63. The van der Waals surface area contributed by atoms with Gasteiger partial charge in [0, 0.05) is 16.7 Å². The summed E-state index contributed by atoms with van der Waals surface area (Å²) in [5.74, 6) is 0. The summed E-state index contributed by atoms with van der Waals surface area (Å²) in [6.45, 7) is 1.72. The highest BCUT2D eigenvalue weighted by Crippen LogP contribution is 1.98. The summed E-state index contributed by atoms with van der Waals surface area (Å²) in [5.41, 5.74) is 0. The van der Waals surface area contributed by atoms with E-state index in [-0.39, 0.29) is 16.8 Å². The Morgan fingerprint density at radius 3 is 2.50 bits per heavy atom. The molecule has 0 aliphatic heterocycles. The molecule has 0 heterocycles. The van der Waals surface area contributed by atoms with Crippen molar-refractivity contribution in [1.82, 2.24) is 0 Å². The van der Waals surface area contributed by atoms with Crippen LogP contribution in [0.15, 0.2) is 0 Å². The smallest absolute Gasteiger partial charge is 0.205 e. The Labute approximate surface area is 52.8 Å². The molecule has 48 valence electrons. The summed E-state index contributed by atoms with van der Waals surface area (Å²) >= 11 is 5.42. The lowest BCUT2D eigenvalue weighted by Crippen LogP contribution is -2.05. The predicted octanol–water partition coefficient (Wildman–Crippen LogP) is 1.28. The van der Waals surface area contributed by atoms with Crippen LogP contribution in [0.25, 0.3) is 0 Å². The van der Waals surface area contributed by atoms with E-state index in [1.54, 1.807) is 6.92 Å². The number of hydrogen-bond donors (Lipinski definition) is 0. The van der Waals surface area contributed by atoms with Crippen LogP contribution in [-0.4, -0.2) is 16.8 Å². The lowest BCUT2D eigenvalue weighted by atomic mass is 10.3. The van der Waals surface area contributed by atoms with E-state index < -0.39 is 0 Å². The average molecular weight is 138 g/mol. The van der Waals surface area contributed by atoms with Crippen LogP contribution in [0, 0.1) is 10.1 Å². The minimum absolute atomic E-state index is 0.0231. The SMILES string of the molecule is CC(Cl)CC[N+](=O)[O-]. The molecular formula is C4H8ClNO2. The highest BCUT2D eigenvalue weighted by atomic mass is 35.5. The van der Waals surface area contributed by atoms with E-state index in [4.69, 9.17) is 11.6 Å². The van der Waals surface area contributed by atoms with Crippen molar-refractivity contribution in [2.24, 2.45) is 0 Å². The van der Waals surface area contributed by atoms with E-state index in [0.717, 1.165) is 0 Å². The van der Waals surface area contributed by atoms with Crippen molar-refractivity contribution in [2.75, 3.05) is 6.54 Å². The first-order chi connectivity index (χ1) is 3.63. The Hall–Kier alpha value is -0.310. The second-order valence-corrected chi connectivity index (χ2v) is 2.37. The van der Waals surface area contributed by atoms with Gasteiger partial charge in [0.05, 0.1) is 0 Å². The zero-order valence-corrected chi connectivity index (χ0v) is 5.39. The second-order valence-electron chi connectivity index (χ2n) is 1.63. The van der Waals surface area contributed by atoms with Crippen molar-refractivity contribution in [3.8, 4) is 0 Å². The van der Waals surface area contributed by atoms with Gasteiger partial charge in [0.25, 0.3) is 0 Å². The van der Waals surface area contributed by atoms with E-state index in [0.29, 0.717) is 6.42 Å². The van der Waals surface area contributed by atoms with E-state index in [1.807, 2.05) is 0 Å². The van der Waals surface area contributed by atoms with Gasteiger partial charge in [-0.2, -0.15) is 0 Å². The first-order valence-corrected chi connectivity index (χ1v) is 2.82. The summed E-state index contributed by atoms with van der Waals surface area (Å²) in [6.07, 6.45) is 0.453. The van der Waals surface area contributed by atoms with Gasteiger partial charge in [0.15, 0.2) is 0 Å². The van der Waals surface area contributed by atoms with Crippen molar-refractivity contribution in [3.63, 3.8) is 0 Å².